The van der Waals surface area contributed by atoms with Gasteiger partial charge in [0, 0.05) is 6.54 Å². The molecule has 0 saturated heterocycles. The normalized spacial score (nSPS) is 12.3. The third-order valence-electron chi connectivity index (χ3n) is 3.67. The van der Waals surface area contributed by atoms with Crippen LogP contribution in [0.2, 0.25) is 5.02 Å². The van der Waals surface area contributed by atoms with Crippen molar-refractivity contribution in [2.75, 3.05) is 11.9 Å². The van der Waals surface area contributed by atoms with E-state index in [1.54, 1.807) is 10.6 Å². The molecule has 4 N–H and O–H groups in total. The van der Waals surface area contributed by atoms with Crippen molar-refractivity contribution in [3.63, 3.8) is 0 Å². The van der Waals surface area contributed by atoms with Gasteiger partial charge < -0.3 is 20.1 Å². The van der Waals surface area contributed by atoms with Crippen molar-refractivity contribution in [1.82, 2.24) is 24.5 Å². The lowest BCUT2D eigenvalue weighted by Crippen LogP contribution is -2.06. The maximum absolute atomic E-state index is 11.3. The topological polar surface area (TPSA) is 140 Å². The number of thiazole rings is 1. The van der Waals surface area contributed by atoms with Crippen molar-refractivity contribution in [2.24, 2.45) is 0 Å². The van der Waals surface area contributed by atoms with Crippen LogP contribution in [0, 0.1) is 0 Å². The Morgan fingerprint density at radius 3 is 2.85 bits per heavy atom. The van der Waals surface area contributed by atoms with Crippen molar-refractivity contribution >= 4 is 69.5 Å². The predicted octanol–water partition coefficient (Wildman–Crippen LogP) is 3.00. The van der Waals surface area contributed by atoms with E-state index in [0.717, 1.165) is 10.2 Å². The van der Waals surface area contributed by atoms with Gasteiger partial charge in [0.15, 0.2) is 26.5 Å². The van der Waals surface area contributed by atoms with Gasteiger partial charge >= 0.3 is 7.60 Å². The zero-order chi connectivity index (χ0) is 19.2. The molecule has 4 rings (SSSR count). The highest BCUT2D eigenvalue weighted by molar-refractivity contribution is 8.01. The number of aryl methyl sites for hydroxylation is 1. The van der Waals surface area contributed by atoms with Gasteiger partial charge in [0.05, 0.1) is 21.4 Å². The average molecular weight is 443 g/mol. The van der Waals surface area contributed by atoms with Crippen LogP contribution in [0.4, 0.5) is 5.82 Å². The molecule has 0 spiro atoms. The van der Waals surface area contributed by atoms with Crippen LogP contribution in [-0.2, 0) is 11.1 Å². The fourth-order valence-corrected chi connectivity index (χ4v) is 5.27. The van der Waals surface area contributed by atoms with E-state index in [1.807, 2.05) is 12.1 Å². The number of fused-ring (bicyclic) bond motifs is 2. The number of rotatable bonds is 5. The molecule has 0 unspecified atom stereocenters. The number of hydrogen-bond acceptors (Lipinski definition) is 8. The quantitative estimate of drug-likeness (QED) is 0.398. The number of nitrogens with zero attached hydrogens (tertiary/aromatic N) is 5. The molecule has 3 aromatic heterocycles. The Labute approximate surface area is 165 Å². The van der Waals surface area contributed by atoms with E-state index < -0.39 is 7.60 Å². The number of hydrogen-bond donors (Lipinski definition) is 3. The molecule has 13 heteroatoms. The summed E-state index contributed by atoms with van der Waals surface area (Å²) in [6, 6.07) is 5.48. The monoisotopic (exact) mass is 442 g/mol. The number of anilines is 1. The third kappa shape index (κ3) is 3.79. The van der Waals surface area contributed by atoms with Gasteiger partial charge in [0.1, 0.15) is 6.33 Å². The van der Waals surface area contributed by atoms with E-state index in [1.165, 1.54) is 29.4 Å². The van der Waals surface area contributed by atoms with Crippen molar-refractivity contribution in [3.8, 4) is 0 Å². The molecule has 0 bridgehead atoms. The molecule has 0 saturated carbocycles. The Bertz CT molecular complexity index is 1210. The molecular formula is C14H12ClN6O3PS2. The third-order valence-corrected chi connectivity index (χ3v) is 7.03. The lowest BCUT2D eigenvalue weighted by Gasteiger charge is -2.08. The minimum absolute atomic E-state index is 0.0330. The summed E-state index contributed by atoms with van der Waals surface area (Å²) >= 11 is 8.88. The van der Waals surface area contributed by atoms with E-state index in [2.05, 4.69) is 19.9 Å². The molecule has 0 atom stereocenters. The number of benzene rings is 1. The van der Waals surface area contributed by atoms with Gasteiger partial charge in [-0.1, -0.05) is 17.7 Å². The molecular weight excluding hydrogens is 431 g/mol. The fraction of sp³-hybridized carbons (Fsp3) is 0.143. The highest BCUT2D eigenvalue weighted by atomic mass is 35.5. The maximum atomic E-state index is 11.3. The van der Waals surface area contributed by atoms with Crippen molar-refractivity contribution < 1.29 is 14.4 Å². The summed E-state index contributed by atoms with van der Waals surface area (Å²) in [6.45, 7) is 0.0330. The van der Waals surface area contributed by atoms with Crippen LogP contribution in [0.15, 0.2) is 34.0 Å². The second kappa shape index (κ2) is 7.01. The first-order valence-corrected chi connectivity index (χ1v) is 11.4. The summed E-state index contributed by atoms with van der Waals surface area (Å²) in [7, 11) is -4.19. The molecule has 27 heavy (non-hydrogen) atoms. The van der Waals surface area contributed by atoms with Gasteiger partial charge in [0.2, 0.25) is 0 Å². The van der Waals surface area contributed by atoms with Crippen LogP contribution < -0.4 is 5.73 Å². The Kier molecular flexibility index (Phi) is 4.83. The SMILES string of the molecule is Nc1ncnc2c1nc(Sc1nc3cccc(Cl)c3s1)n2CCP(=O)(O)O. The number of halogens is 1. The summed E-state index contributed by atoms with van der Waals surface area (Å²) in [5, 5.41) is 1.09. The van der Waals surface area contributed by atoms with Crippen molar-refractivity contribution in [1.29, 1.82) is 0 Å². The highest BCUT2D eigenvalue weighted by Crippen LogP contribution is 2.39. The first-order chi connectivity index (χ1) is 12.8. The van der Waals surface area contributed by atoms with E-state index in [4.69, 9.17) is 17.3 Å². The molecule has 0 fully saturated rings. The second-order valence-corrected chi connectivity index (χ2v) is 9.93. The molecule has 140 valence electrons. The average Bonchev–Trinajstić information content (AvgIpc) is 3.15. The molecule has 0 aliphatic heterocycles. The van der Waals surface area contributed by atoms with Gasteiger partial charge in [0.25, 0.3) is 0 Å². The van der Waals surface area contributed by atoms with Crippen LogP contribution in [0.1, 0.15) is 0 Å². The molecule has 9 nitrogen and oxygen atoms in total. The van der Waals surface area contributed by atoms with Gasteiger partial charge in [-0.15, -0.1) is 11.3 Å². The molecule has 3 heterocycles. The maximum Gasteiger partial charge on any atom is 0.327 e. The van der Waals surface area contributed by atoms with E-state index in [9.17, 15) is 14.4 Å². The first kappa shape index (κ1) is 18.6. The Balaban J connectivity index is 1.78. The highest BCUT2D eigenvalue weighted by Gasteiger charge is 2.21. The summed E-state index contributed by atoms with van der Waals surface area (Å²) in [4.78, 5) is 35.6. The zero-order valence-corrected chi connectivity index (χ0v) is 16.8. The Morgan fingerprint density at radius 2 is 2.11 bits per heavy atom. The molecule has 0 amide bonds. The Hall–Kier alpha value is -1.75. The van der Waals surface area contributed by atoms with Crippen LogP contribution in [-0.4, -0.2) is 40.5 Å². The molecule has 0 aliphatic carbocycles. The molecule has 1 aromatic carbocycles. The number of imidazole rings is 1. The lowest BCUT2D eigenvalue weighted by molar-refractivity contribution is 0.369. The smallest absolute Gasteiger partial charge is 0.327 e. The van der Waals surface area contributed by atoms with Crippen LogP contribution in [0.25, 0.3) is 21.4 Å². The largest absolute Gasteiger partial charge is 0.382 e. The number of aromatic nitrogens is 5. The standard InChI is InChI=1S/C14H12ClN6O3PS2/c15-7-2-1-3-8-10(7)26-14(19-8)27-13-20-9-11(16)17-6-18-12(9)21(13)4-5-25(22,23)24/h1-3,6H,4-5H2,(H2,16,17,18)(H2,22,23,24). The second-order valence-electron chi connectivity index (χ2n) is 5.54. The Morgan fingerprint density at radius 1 is 1.30 bits per heavy atom. The van der Waals surface area contributed by atoms with Gasteiger partial charge in [-0.05, 0) is 23.9 Å². The van der Waals surface area contributed by atoms with Crippen LogP contribution in [0.3, 0.4) is 0 Å². The van der Waals surface area contributed by atoms with Crippen LogP contribution >= 0.6 is 42.3 Å². The van der Waals surface area contributed by atoms with Crippen molar-refractivity contribution in [2.45, 2.75) is 16.0 Å². The number of nitrogen functional groups attached to an aromatic ring is 1. The van der Waals surface area contributed by atoms with Crippen molar-refractivity contribution in [3.05, 3.63) is 29.5 Å². The first-order valence-electron chi connectivity index (χ1n) is 7.56. The molecule has 0 radical (unpaired) electrons. The molecule has 4 aromatic rings. The van der Waals surface area contributed by atoms with Crippen LogP contribution in [0.5, 0.6) is 0 Å². The number of nitrogens with two attached hydrogens (primary N) is 1. The minimum Gasteiger partial charge on any atom is -0.382 e. The van der Waals surface area contributed by atoms with E-state index in [-0.39, 0.29) is 18.5 Å². The van der Waals surface area contributed by atoms with E-state index in [0.29, 0.717) is 25.7 Å². The summed E-state index contributed by atoms with van der Waals surface area (Å²) in [5.74, 6) is 0.198. The fourth-order valence-electron chi connectivity index (χ4n) is 2.46. The zero-order valence-electron chi connectivity index (χ0n) is 13.5. The summed E-state index contributed by atoms with van der Waals surface area (Å²) in [6.07, 6.45) is 0.945. The predicted molar refractivity (Wildman–Crippen MR) is 105 cm³/mol. The summed E-state index contributed by atoms with van der Waals surface area (Å²) in [5.41, 5.74) is 7.44. The minimum atomic E-state index is -4.19. The lowest BCUT2D eigenvalue weighted by atomic mass is 10.3. The van der Waals surface area contributed by atoms with E-state index >= 15 is 0 Å². The van der Waals surface area contributed by atoms with Gasteiger partial charge in [-0.25, -0.2) is 19.9 Å². The van der Waals surface area contributed by atoms with Gasteiger partial charge in [-0.2, -0.15) is 0 Å². The molecule has 0 aliphatic rings. The summed E-state index contributed by atoms with van der Waals surface area (Å²) < 4.78 is 14.5. The van der Waals surface area contributed by atoms with Gasteiger partial charge in [-0.3, -0.25) is 4.57 Å².